The summed E-state index contributed by atoms with van der Waals surface area (Å²) in [5.41, 5.74) is -0.00447. The van der Waals surface area contributed by atoms with Gasteiger partial charge in [0, 0.05) is 6.07 Å². The Kier molecular flexibility index (Phi) is 3.47. The summed E-state index contributed by atoms with van der Waals surface area (Å²) >= 11 is 2.85. The Balaban J connectivity index is 2.59. The van der Waals surface area contributed by atoms with Gasteiger partial charge in [-0.2, -0.15) is 4.68 Å². The van der Waals surface area contributed by atoms with E-state index < -0.39 is 17.7 Å². The SMILES string of the molecule is Cc1nnn(-c2cc(F)c(Br)cc2F)c1NC(=O)O. The zero-order valence-corrected chi connectivity index (χ0v) is 11.1. The molecule has 0 aliphatic carbocycles. The fourth-order valence-electron chi connectivity index (χ4n) is 1.44. The molecule has 2 N–H and O–H groups in total. The van der Waals surface area contributed by atoms with Crippen molar-refractivity contribution in [2.75, 3.05) is 5.32 Å². The third-order valence-corrected chi connectivity index (χ3v) is 2.89. The van der Waals surface area contributed by atoms with E-state index in [1.165, 1.54) is 6.92 Å². The monoisotopic (exact) mass is 332 g/mol. The molecule has 0 aliphatic rings. The molecule has 0 bridgehead atoms. The molecule has 0 saturated heterocycles. The number of amides is 1. The van der Waals surface area contributed by atoms with E-state index >= 15 is 0 Å². The predicted octanol–water partition coefficient (Wildman–Crippen LogP) is 2.71. The summed E-state index contributed by atoms with van der Waals surface area (Å²) in [5, 5.41) is 17.9. The number of nitrogens with zero attached hydrogens (tertiary/aromatic N) is 3. The average Bonchev–Trinajstić information content (AvgIpc) is 2.65. The molecule has 2 aromatic rings. The summed E-state index contributed by atoms with van der Waals surface area (Å²) in [6.45, 7) is 1.49. The van der Waals surface area contributed by atoms with Gasteiger partial charge in [-0.05, 0) is 28.9 Å². The van der Waals surface area contributed by atoms with E-state index in [0.29, 0.717) is 0 Å². The van der Waals surface area contributed by atoms with Gasteiger partial charge in [0.2, 0.25) is 0 Å². The van der Waals surface area contributed by atoms with Crippen molar-refractivity contribution in [2.45, 2.75) is 6.92 Å². The number of anilines is 1. The van der Waals surface area contributed by atoms with E-state index in [-0.39, 0.29) is 21.7 Å². The molecule has 100 valence electrons. The molecule has 0 unspecified atom stereocenters. The number of carboxylic acid groups (broad SMARTS) is 1. The van der Waals surface area contributed by atoms with Gasteiger partial charge in [-0.1, -0.05) is 5.21 Å². The van der Waals surface area contributed by atoms with E-state index in [4.69, 9.17) is 5.11 Å². The normalized spacial score (nSPS) is 10.5. The van der Waals surface area contributed by atoms with E-state index in [2.05, 4.69) is 26.2 Å². The number of hydrogen-bond donors (Lipinski definition) is 2. The number of rotatable bonds is 2. The van der Waals surface area contributed by atoms with Crippen molar-refractivity contribution in [1.29, 1.82) is 0 Å². The van der Waals surface area contributed by atoms with E-state index in [9.17, 15) is 13.6 Å². The van der Waals surface area contributed by atoms with Crippen molar-refractivity contribution in [1.82, 2.24) is 15.0 Å². The molecule has 0 aliphatic heterocycles. The molecule has 0 radical (unpaired) electrons. The molecule has 1 heterocycles. The largest absolute Gasteiger partial charge is 0.465 e. The number of aromatic nitrogens is 3. The maximum Gasteiger partial charge on any atom is 0.410 e. The van der Waals surface area contributed by atoms with Crippen LogP contribution in [0.25, 0.3) is 5.69 Å². The summed E-state index contributed by atoms with van der Waals surface area (Å²) in [7, 11) is 0. The molecule has 0 saturated carbocycles. The highest BCUT2D eigenvalue weighted by atomic mass is 79.9. The van der Waals surface area contributed by atoms with Crippen LogP contribution in [0.2, 0.25) is 0 Å². The summed E-state index contributed by atoms with van der Waals surface area (Å²) in [5.74, 6) is -1.52. The van der Waals surface area contributed by atoms with Crippen molar-refractivity contribution in [3.8, 4) is 5.69 Å². The standard InChI is InChI=1S/C10H7BrF2N4O2/c1-4-9(14-10(18)19)17(16-15-4)8-3-6(12)5(11)2-7(8)13/h2-3,14H,1H3,(H,18,19). The Bertz CT molecular complexity index is 659. The fraction of sp³-hybridized carbons (Fsp3) is 0.100. The molecule has 19 heavy (non-hydrogen) atoms. The van der Waals surface area contributed by atoms with Crippen LogP contribution in [0.4, 0.5) is 19.4 Å². The molecule has 2 rings (SSSR count). The summed E-state index contributed by atoms with van der Waals surface area (Å²) in [6.07, 6.45) is -1.36. The highest BCUT2D eigenvalue weighted by molar-refractivity contribution is 9.10. The summed E-state index contributed by atoms with van der Waals surface area (Å²) < 4.78 is 28.1. The predicted molar refractivity (Wildman–Crippen MR) is 65.4 cm³/mol. The highest BCUT2D eigenvalue weighted by Crippen LogP contribution is 2.25. The van der Waals surface area contributed by atoms with Crippen LogP contribution in [0.1, 0.15) is 5.69 Å². The smallest absolute Gasteiger partial charge is 0.410 e. The lowest BCUT2D eigenvalue weighted by molar-refractivity contribution is 0.209. The van der Waals surface area contributed by atoms with Gasteiger partial charge in [0.25, 0.3) is 0 Å². The van der Waals surface area contributed by atoms with Crippen LogP contribution in [0, 0.1) is 18.6 Å². The van der Waals surface area contributed by atoms with Crippen LogP contribution >= 0.6 is 15.9 Å². The maximum atomic E-state index is 13.8. The molecule has 0 spiro atoms. The number of benzene rings is 1. The Morgan fingerprint density at radius 3 is 2.74 bits per heavy atom. The van der Waals surface area contributed by atoms with Crippen molar-refractivity contribution in [3.05, 3.63) is 33.9 Å². The molecule has 1 aromatic heterocycles. The number of carbonyl (C=O) groups is 1. The minimum Gasteiger partial charge on any atom is -0.465 e. The third-order valence-electron chi connectivity index (χ3n) is 2.28. The Hall–Kier alpha value is -2.03. The fourth-order valence-corrected chi connectivity index (χ4v) is 1.76. The van der Waals surface area contributed by atoms with Crippen LogP contribution in [0.15, 0.2) is 16.6 Å². The Morgan fingerprint density at radius 2 is 2.11 bits per heavy atom. The van der Waals surface area contributed by atoms with Crippen molar-refractivity contribution in [3.63, 3.8) is 0 Å². The van der Waals surface area contributed by atoms with Gasteiger partial charge in [0.1, 0.15) is 23.0 Å². The first kappa shape index (κ1) is 13.4. The van der Waals surface area contributed by atoms with E-state index in [1.807, 2.05) is 5.32 Å². The quantitative estimate of drug-likeness (QED) is 0.828. The molecule has 9 heteroatoms. The molecule has 1 aromatic carbocycles. The topological polar surface area (TPSA) is 80.0 Å². The Morgan fingerprint density at radius 1 is 1.42 bits per heavy atom. The van der Waals surface area contributed by atoms with E-state index in [0.717, 1.165) is 16.8 Å². The molecule has 6 nitrogen and oxygen atoms in total. The molecule has 1 amide bonds. The van der Waals surface area contributed by atoms with Gasteiger partial charge in [0.15, 0.2) is 5.82 Å². The van der Waals surface area contributed by atoms with Crippen LogP contribution in [0.5, 0.6) is 0 Å². The minimum absolute atomic E-state index is 0.0432. The van der Waals surface area contributed by atoms with Gasteiger partial charge < -0.3 is 5.11 Å². The average molecular weight is 333 g/mol. The minimum atomic E-state index is -1.36. The van der Waals surface area contributed by atoms with Crippen LogP contribution in [-0.4, -0.2) is 26.2 Å². The number of nitrogens with one attached hydrogen (secondary N) is 1. The van der Waals surface area contributed by atoms with E-state index in [1.54, 1.807) is 0 Å². The lowest BCUT2D eigenvalue weighted by Crippen LogP contribution is -2.13. The number of aryl methyl sites for hydroxylation is 1. The first-order chi connectivity index (χ1) is 8.90. The molecule has 0 fully saturated rings. The first-order valence-electron chi connectivity index (χ1n) is 4.97. The maximum absolute atomic E-state index is 13.8. The van der Waals surface area contributed by atoms with Gasteiger partial charge in [-0.3, -0.25) is 5.32 Å². The molecular formula is C10H7BrF2N4O2. The van der Waals surface area contributed by atoms with Crippen LogP contribution < -0.4 is 5.32 Å². The first-order valence-corrected chi connectivity index (χ1v) is 5.76. The lowest BCUT2D eigenvalue weighted by atomic mass is 10.3. The van der Waals surface area contributed by atoms with Crippen molar-refractivity contribution >= 4 is 27.8 Å². The second kappa shape index (κ2) is 4.92. The zero-order valence-electron chi connectivity index (χ0n) is 9.49. The third kappa shape index (κ3) is 2.55. The zero-order chi connectivity index (χ0) is 14.2. The highest BCUT2D eigenvalue weighted by Gasteiger charge is 2.18. The molecule has 0 atom stereocenters. The molecular weight excluding hydrogens is 326 g/mol. The summed E-state index contributed by atoms with van der Waals surface area (Å²) in [6, 6.07) is 1.81. The van der Waals surface area contributed by atoms with Gasteiger partial charge in [-0.25, -0.2) is 13.6 Å². The van der Waals surface area contributed by atoms with Crippen molar-refractivity contribution in [2.24, 2.45) is 0 Å². The van der Waals surface area contributed by atoms with Gasteiger partial charge in [-0.15, -0.1) is 5.10 Å². The number of hydrogen-bond acceptors (Lipinski definition) is 3. The second-order valence-corrected chi connectivity index (χ2v) is 4.44. The van der Waals surface area contributed by atoms with Gasteiger partial charge >= 0.3 is 6.09 Å². The summed E-state index contributed by atoms with van der Waals surface area (Å²) in [4.78, 5) is 10.7. The van der Waals surface area contributed by atoms with Crippen LogP contribution in [0.3, 0.4) is 0 Å². The number of halogens is 3. The Labute approximate surface area is 114 Å². The van der Waals surface area contributed by atoms with Gasteiger partial charge in [0.05, 0.1) is 4.47 Å². The second-order valence-electron chi connectivity index (χ2n) is 3.58. The van der Waals surface area contributed by atoms with Crippen LogP contribution in [-0.2, 0) is 0 Å². The lowest BCUT2D eigenvalue weighted by Gasteiger charge is -2.08. The van der Waals surface area contributed by atoms with Crippen molar-refractivity contribution < 1.29 is 18.7 Å².